The standard InChI is InChI=1S/C21H32O3/c1-12(22)16-6-7-17-15-5-4-13-10-14(23)8-9-20(13,2)19(15)18(24)11-21(16,17)3/h13-17,19,23H,4-11H2,1-3H3/t13-,14-,15+,16-,17+,19+,20+,21-/m1/s1. The fraction of sp³-hybridized carbons (Fsp3) is 0.905. The first kappa shape index (κ1) is 16.8. The molecule has 3 nitrogen and oxygen atoms in total. The SMILES string of the molecule is CC(=O)[C@H]1CC[C@H]2[C@@H]3CC[C@@H]4C[C@H](O)CC[C@]4(C)[C@@H]3C(=O)C[C@]12C. The number of carbonyl (C=O) groups excluding carboxylic acids is 2. The third-order valence-electron chi connectivity index (χ3n) is 8.81. The lowest BCUT2D eigenvalue weighted by Crippen LogP contribution is -2.58. The molecular weight excluding hydrogens is 300 g/mol. The number of carbonyl (C=O) groups is 2. The summed E-state index contributed by atoms with van der Waals surface area (Å²) in [5.41, 5.74) is -0.0175. The molecule has 0 aromatic heterocycles. The summed E-state index contributed by atoms with van der Waals surface area (Å²) in [4.78, 5) is 25.5. The second kappa shape index (κ2) is 5.40. The van der Waals surface area contributed by atoms with E-state index in [-0.39, 0.29) is 34.6 Å². The molecule has 8 atom stereocenters. The average molecular weight is 332 g/mol. The van der Waals surface area contributed by atoms with Gasteiger partial charge in [-0.25, -0.2) is 0 Å². The van der Waals surface area contributed by atoms with E-state index in [0.29, 0.717) is 30.0 Å². The molecule has 0 aromatic rings. The topological polar surface area (TPSA) is 54.4 Å². The first-order valence-electron chi connectivity index (χ1n) is 9.98. The van der Waals surface area contributed by atoms with Gasteiger partial charge in [0.1, 0.15) is 11.6 Å². The van der Waals surface area contributed by atoms with Crippen molar-refractivity contribution < 1.29 is 14.7 Å². The van der Waals surface area contributed by atoms with Crippen molar-refractivity contribution in [2.75, 3.05) is 0 Å². The van der Waals surface area contributed by atoms with Crippen molar-refractivity contribution in [1.29, 1.82) is 0 Å². The quantitative estimate of drug-likeness (QED) is 0.795. The van der Waals surface area contributed by atoms with Crippen molar-refractivity contribution in [1.82, 2.24) is 0 Å². The van der Waals surface area contributed by atoms with E-state index in [0.717, 1.165) is 44.9 Å². The maximum absolute atomic E-state index is 13.3. The van der Waals surface area contributed by atoms with E-state index in [9.17, 15) is 14.7 Å². The Labute approximate surface area is 145 Å². The van der Waals surface area contributed by atoms with Crippen molar-refractivity contribution in [3.8, 4) is 0 Å². The Balaban J connectivity index is 1.68. The molecule has 0 aromatic carbocycles. The van der Waals surface area contributed by atoms with Gasteiger partial charge in [0.2, 0.25) is 0 Å². The van der Waals surface area contributed by atoms with Crippen LogP contribution in [-0.4, -0.2) is 22.8 Å². The lowest BCUT2D eigenvalue weighted by molar-refractivity contribution is -0.162. The molecule has 0 spiro atoms. The third-order valence-corrected chi connectivity index (χ3v) is 8.81. The van der Waals surface area contributed by atoms with E-state index >= 15 is 0 Å². The Bertz CT molecular complexity index is 569. The van der Waals surface area contributed by atoms with E-state index in [4.69, 9.17) is 0 Å². The highest BCUT2D eigenvalue weighted by Gasteiger charge is 2.63. The van der Waals surface area contributed by atoms with Crippen LogP contribution in [0.5, 0.6) is 0 Å². The van der Waals surface area contributed by atoms with E-state index in [1.165, 1.54) is 0 Å². The molecule has 3 heteroatoms. The fourth-order valence-corrected chi connectivity index (χ4v) is 7.72. The van der Waals surface area contributed by atoms with Crippen molar-refractivity contribution >= 4 is 11.6 Å². The molecule has 4 aliphatic rings. The van der Waals surface area contributed by atoms with Crippen LogP contribution >= 0.6 is 0 Å². The smallest absolute Gasteiger partial charge is 0.137 e. The first-order valence-corrected chi connectivity index (χ1v) is 9.98. The molecule has 0 unspecified atom stereocenters. The number of ketones is 2. The molecule has 4 rings (SSSR count). The van der Waals surface area contributed by atoms with Gasteiger partial charge in [0.25, 0.3) is 0 Å². The summed E-state index contributed by atoms with van der Waals surface area (Å²) in [5.74, 6) is 2.48. The minimum absolute atomic E-state index is 0.0782. The van der Waals surface area contributed by atoms with Crippen molar-refractivity contribution in [2.45, 2.75) is 78.2 Å². The summed E-state index contributed by atoms with van der Waals surface area (Å²) in [6, 6.07) is 0. The molecule has 0 saturated heterocycles. The minimum Gasteiger partial charge on any atom is -0.393 e. The zero-order valence-electron chi connectivity index (χ0n) is 15.4. The molecule has 4 fully saturated rings. The minimum atomic E-state index is -0.169. The van der Waals surface area contributed by atoms with Gasteiger partial charge in [0.05, 0.1) is 6.10 Å². The molecule has 0 bridgehead atoms. The van der Waals surface area contributed by atoms with Gasteiger partial charge >= 0.3 is 0 Å². The van der Waals surface area contributed by atoms with Gasteiger partial charge in [-0.2, -0.15) is 0 Å². The van der Waals surface area contributed by atoms with Crippen molar-refractivity contribution in [3.05, 3.63) is 0 Å². The fourth-order valence-electron chi connectivity index (χ4n) is 7.72. The molecule has 1 N–H and O–H groups in total. The second-order valence-corrected chi connectivity index (χ2v) is 9.85. The van der Waals surface area contributed by atoms with Gasteiger partial charge in [0.15, 0.2) is 0 Å². The number of fused-ring (bicyclic) bond motifs is 5. The monoisotopic (exact) mass is 332 g/mol. The average Bonchev–Trinajstić information content (AvgIpc) is 2.84. The summed E-state index contributed by atoms with van der Waals surface area (Å²) in [6.45, 7) is 6.28. The van der Waals surface area contributed by atoms with Crippen LogP contribution in [0, 0.1) is 40.4 Å². The van der Waals surface area contributed by atoms with Gasteiger partial charge in [-0.1, -0.05) is 13.8 Å². The van der Waals surface area contributed by atoms with Crippen molar-refractivity contribution in [3.63, 3.8) is 0 Å². The van der Waals surface area contributed by atoms with Crippen LogP contribution in [0.1, 0.15) is 72.1 Å². The maximum Gasteiger partial charge on any atom is 0.137 e. The highest BCUT2D eigenvalue weighted by Crippen LogP contribution is 2.66. The Kier molecular flexibility index (Phi) is 3.77. The van der Waals surface area contributed by atoms with Gasteiger partial charge in [0, 0.05) is 18.3 Å². The highest BCUT2D eigenvalue weighted by atomic mass is 16.3. The summed E-state index contributed by atoms with van der Waals surface area (Å²) < 4.78 is 0. The number of Topliss-reactive ketones (excluding diaryl/α,β-unsaturated/α-hetero) is 2. The summed E-state index contributed by atoms with van der Waals surface area (Å²) >= 11 is 0. The summed E-state index contributed by atoms with van der Waals surface area (Å²) in [7, 11) is 0. The lowest BCUT2D eigenvalue weighted by Gasteiger charge is -2.59. The predicted molar refractivity (Wildman–Crippen MR) is 92.3 cm³/mol. The molecule has 4 saturated carbocycles. The van der Waals surface area contributed by atoms with Gasteiger partial charge in [-0.15, -0.1) is 0 Å². The van der Waals surface area contributed by atoms with Gasteiger partial charge < -0.3 is 5.11 Å². The van der Waals surface area contributed by atoms with Gasteiger partial charge in [-0.05, 0) is 80.5 Å². The van der Waals surface area contributed by atoms with E-state index in [1.54, 1.807) is 6.92 Å². The van der Waals surface area contributed by atoms with E-state index in [1.807, 2.05) is 0 Å². The van der Waals surface area contributed by atoms with E-state index in [2.05, 4.69) is 13.8 Å². The number of aliphatic hydroxyl groups is 1. The molecule has 24 heavy (non-hydrogen) atoms. The van der Waals surface area contributed by atoms with Crippen molar-refractivity contribution in [2.24, 2.45) is 40.4 Å². The summed E-state index contributed by atoms with van der Waals surface area (Å²) in [6.07, 6.45) is 7.53. The van der Waals surface area contributed by atoms with Gasteiger partial charge in [-0.3, -0.25) is 9.59 Å². The number of rotatable bonds is 1. The lowest BCUT2D eigenvalue weighted by atomic mass is 9.44. The first-order chi connectivity index (χ1) is 11.3. The third kappa shape index (κ3) is 2.12. The second-order valence-electron chi connectivity index (χ2n) is 9.85. The predicted octanol–water partition coefficient (Wildman–Crippen LogP) is 3.77. The van der Waals surface area contributed by atoms with Crippen LogP contribution in [-0.2, 0) is 9.59 Å². The highest BCUT2D eigenvalue weighted by molar-refractivity contribution is 5.87. The zero-order valence-corrected chi connectivity index (χ0v) is 15.4. The number of hydrogen-bond donors (Lipinski definition) is 1. The maximum atomic E-state index is 13.3. The zero-order chi connectivity index (χ0) is 17.3. The van der Waals surface area contributed by atoms with Crippen LogP contribution in [0.3, 0.4) is 0 Å². The molecule has 0 heterocycles. The normalized spacial score (nSPS) is 53.9. The Morgan fingerprint density at radius 2 is 1.83 bits per heavy atom. The molecule has 0 radical (unpaired) electrons. The molecule has 4 aliphatic carbocycles. The largest absolute Gasteiger partial charge is 0.393 e. The number of hydrogen-bond acceptors (Lipinski definition) is 3. The molecule has 134 valence electrons. The number of aliphatic hydroxyl groups excluding tert-OH is 1. The van der Waals surface area contributed by atoms with E-state index < -0.39 is 0 Å². The Morgan fingerprint density at radius 3 is 2.54 bits per heavy atom. The Hall–Kier alpha value is -0.700. The van der Waals surface area contributed by atoms with Crippen LogP contribution in [0.2, 0.25) is 0 Å². The molecule has 0 amide bonds. The molecule has 0 aliphatic heterocycles. The van der Waals surface area contributed by atoms with Crippen LogP contribution < -0.4 is 0 Å². The Morgan fingerprint density at radius 1 is 1.08 bits per heavy atom. The van der Waals surface area contributed by atoms with Crippen LogP contribution in [0.25, 0.3) is 0 Å². The molecular formula is C21H32O3. The van der Waals surface area contributed by atoms with Crippen LogP contribution in [0.15, 0.2) is 0 Å². The van der Waals surface area contributed by atoms with Crippen LogP contribution in [0.4, 0.5) is 0 Å². The summed E-state index contributed by atoms with van der Waals surface area (Å²) in [5, 5.41) is 10.1.